The predicted molar refractivity (Wildman–Crippen MR) is 178 cm³/mol. The summed E-state index contributed by atoms with van der Waals surface area (Å²) in [5.74, 6) is -1.52. The van der Waals surface area contributed by atoms with Crippen molar-refractivity contribution in [3.8, 4) is 11.3 Å². The number of amides is 3. The van der Waals surface area contributed by atoms with E-state index in [-0.39, 0.29) is 13.0 Å². The van der Waals surface area contributed by atoms with Gasteiger partial charge in [0.15, 0.2) is 0 Å². The first-order valence-electron chi connectivity index (χ1n) is 15.6. The number of carboxylic acid groups (broad SMARTS) is 1. The molecule has 1 unspecified atom stereocenters. The Morgan fingerprint density at radius 1 is 0.783 bits per heavy atom. The molecule has 2 aromatic carbocycles. The van der Waals surface area contributed by atoms with Crippen LogP contribution in [-0.2, 0) is 16.0 Å². The van der Waals surface area contributed by atoms with Crippen LogP contribution in [0.25, 0.3) is 11.3 Å². The third-order valence-corrected chi connectivity index (χ3v) is 7.96. The summed E-state index contributed by atoms with van der Waals surface area (Å²) in [6.07, 6.45) is -1.51. The fourth-order valence-electron chi connectivity index (χ4n) is 5.28. The molecule has 248 valence electrons. The molecule has 0 bridgehead atoms. The maximum atomic E-state index is 13.4. The average molecular weight is 633 g/mol. The van der Waals surface area contributed by atoms with Gasteiger partial charge in [-0.05, 0) is 46.9 Å². The van der Waals surface area contributed by atoms with Gasteiger partial charge in [-0.1, -0.05) is 102 Å². The van der Waals surface area contributed by atoms with Crippen LogP contribution in [0.3, 0.4) is 0 Å². The lowest BCUT2D eigenvalue weighted by atomic mass is 9.81. The van der Waals surface area contributed by atoms with Gasteiger partial charge in [0.2, 0.25) is 11.8 Å². The van der Waals surface area contributed by atoms with E-state index in [1.54, 1.807) is 47.7 Å². The summed E-state index contributed by atoms with van der Waals surface area (Å²) < 4.78 is 0. The van der Waals surface area contributed by atoms with Gasteiger partial charge in [-0.3, -0.25) is 14.6 Å². The number of rotatable bonds is 13. The van der Waals surface area contributed by atoms with Crippen LogP contribution in [0.5, 0.6) is 0 Å². The molecule has 10 nitrogen and oxygen atoms in total. The summed E-state index contributed by atoms with van der Waals surface area (Å²) in [6, 6.07) is 21.4. The van der Waals surface area contributed by atoms with Crippen molar-refractivity contribution in [2.75, 3.05) is 6.54 Å². The monoisotopic (exact) mass is 632 g/mol. The van der Waals surface area contributed by atoms with Crippen molar-refractivity contribution in [2.45, 2.75) is 84.6 Å². The van der Waals surface area contributed by atoms with E-state index >= 15 is 0 Å². The van der Waals surface area contributed by atoms with E-state index < -0.39 is 58.9 Å². The Labute approximate surface area is 271 Å². The molecule has 0 aliphatic heterocycles. The first kappa shape index (κ1) is 36.2. The number of nitrogens with zero attached hydrogens (tertiary/aromatic N) is 1. The molecule has 0 radical (unpaired) electrons. The highest BCUT2D eigenvalue weighted by atomic mass is 16.4. The van der Waals surface area contributed by atoms with E-state index in [1.165, 1.54) is 0 Å². The van der Waals surface area contributed by atoms with E-state index in [2.05, 4.69) is 20.9 Å². The van der Waals surface area contributed by atoms with Crippen molar-refractivity contribution in [3.63, 3.8) is 0 Å². The quantitative estimate of drug-likeness (QED) is 0.162. The first-order chi connectivity index (χ1) is 21.6. The lowest BCUT2D eigenvalue weighted by Crippen LogP contribution is -2.55. The van der Waals surface area contributed by atoms with Crippen molar-refractivity contribution in [1.82, 2.24) is 20.9 Å². The maximum Gasteiger partial charge on any atom is 0.405 e. The number of carbonyl (C=O) groups is 3. The zero-order valence-corrected chi connectivity index (χ0v) is 27.5. The summed E-state index contributed by atoms with van der Waals surface area (Å²) in [7, 11) is 0. The molecule has 0 saturated heterocycles. The number of hydrogen-bond donors (Lipinski definition) is 6. The van der Waals surface area contributed by atoms with E-state index in [0.717, 1.165) is 22.4 Å². The summed E-state index contributed by atoms with van der Waals surface area (Å²) >= 11 is 0. The van der Waals surface area contributed by atoms with Crippen molar-refractivity contribution in [1.29, 1.82) is 0 Å². The molecule has 3 amide bonds. The molecule has 0 aliphatic carbocycles. The van der Waals surface area contributed by atoms with Gasteiger partial charge in [0, 0.05) is 24.2 Å². The Kier molecular flexibility index (Phi) is 12.4. The predicted octanol–water partition coefficient (Wildman–Crippen LogP) is 4.52. The van der Waals surface area contributed by atoms with Gasteiger partial charge in [0.05, 0.1) is 17.8 Å². The third kappa shape index (κ3) is 10.4. The SMILES string of the molecule is CC(C)(C)[C@H](O)C(=O)N[C@@H](C(Cc1ccc(-c2ccccn2)cc1)c1ccccc1)[C@@H](O)CCNC(=O)[C@@H](NC(=O)O)C(C)(C)C. The van der Waals surface area contributed by atoms with Gasteiger partial charge in [-0.15, -0.1) is 0 Å². The van der Waals surface area contributed by atoms with Crippen molar-refractivity contribution < 1.29 is 29.7 Å². The Morgan fingerprint density at radius 2 is 1.41 bits per heavy atom. The number of aliphatic hydroxyl groups excluding tert-OH is 2. The fraction of sp³-hybridized carbons (Fsp3) is 0.444. The number of pyridine rings is 1. The van der Waals surface area contributed by atoms with Gasteiger partial charge in [-0.25, -0.2) is 4.79 Å². The number of carbonyl (C=O) groups excluding carboxylic acids is 2. The molecule has 3 rings (SSSR count). The van der Waals surface area contributed by atoms with Crippen LogP contribution in [0, 0.1) is 10.8 Å². The first-order valence-corrected chi connectivity index (χ1v) is 15.6. The van der Waals surface area contributed by atoms with Crippen LogP contribution >= 0.6 is 0 Å². The molecule has 3 aromatic rings. The maximum absolute atomic E-state index is 13.4. The fourth-order valence-corrected chi connectivity index (χ4v) is 5.28. The lowest BCUT2D eigenvalue weighted by molar-refractivity contribution is -0.136. The smallest absolute Gasteiger partial charge is 0.405 e. The highest BCUT2D eigenvalue weighted by Crippen LogP contribution is 2.30. The summed E-state index contributed by atoms with van der Waals surface area (Å²) in [6.45, 7) is 10.6. The summed E-state index contributed by atoms with van der Waals surface area (Å²) in [5, 5.41) is 39.6. The summed E-state index contributed by atoms with van der Waals surface area (Å²) in [5.41, 5.74) is 2.23. The molecule has 5 atom stereocenters. The number of benzene rings is 2. The van der Waals surface area contributed by atoms with Crippen LogP contribution in [-0.4, -0.2) is 69.0 Å². The molecule has 1 heterocycles. The highest BCUT2D eigenvalue weighted by molar-refractivity contribution is 5.86. The molecule has 1 aromatic heterocycles. The second kappa shape index (κ2) is 15.8. The Balaban J connectivity index is 1.90. The van der Waals surface area contributed by atoms with Gasteiger partial charge < -0.3 is 31.3 Å². The largest absolute Gasteiger partial charge is 0.465 e. The topological polar surface area (TPSA) is 161 Å². The minimum atomic E-state index is -1.33. The lowest BCUT2D eigenvalue weighted by Gasteiger charge is -2.35. The molecule has 0 spiro atoms. The molecule has 0 saturated carbocycles. The number of nitrogens with one attached hydrogen (secondary N) is 3. The molecular weight excluding hydrogens is 584 g/mol. The zero-order chi connectivity index (χ0) is 34.1. The Bertz CT molecular complexity index is 1420. The Morgan fingerprint density at radius 3 is 1.96 bits per heavy atom. The molecule has 6 N–H and O–H groups in total. The van der Waals surface area contributed by atoms with Crippen LogP contribution < -0.4 is 16.0 Å². The Hall–Kier alpha value is -4.28. The standard InChI is InChI=1S/C36H48N4O6/c1-35(2,3)30(40-34(45)46)32(43)38-21-19-28(41)29(39-33(44)31(42)36(4,5)6)26(24-12-8-7-9-13-24)22-23-15-17-25(18-16-23)27-14-10-11-20-37-27/h7-18,20,26,28-31,40-42H,19,21-22H2,1-6H3,(H,38,43)(H,39,44)(H,45,46)/t26?,28-,29-,30+,31+/m0/s1. The number of hydrogen-bond acceptors (Lipinski definition) is 6. The minimum absolute atomic E-state index is 0.0301. The van der Waals surface area contributed by atoms with Gasteiger partial charge in [0.1, 0.15) is 12.1 Å². The van der Waals surface area contributed by atoms with Gasteiger partial charge >= 0.3 is 6.09 Å². The van der Waals surface area contributed by atoms with Crippen molar-refractivity contribution in [2.24, 2.45) is 10.8 Å². The van der Waals surface area contributed by atoms with E-state index in [4.69, 9.17) is 0 Å². The van der Waals surface area contributed by atoms with Crippen LogP contribution in [0.2, 0.25) is 0 Å². The number of aromatic nitrogens is 1. The molecule has 0 fully saturated rings. The van der Waals surface area contributed by atoms with Crippen LogP contribution in [0.1, 0.15) is 65.0 Å². The summed E-state index contributed by atoms with van der Waals surface area (Å²) in [4.78, 5) is 42.1. The van der Waals surface area contributed by atoms with Gasteiger partial charge in [0.25, 0.3) is 0 Å². The second-order valence-electron chi connectivity index (χ2n) is 13.8. The van der Waals surface area contributed by atoms with Gasteiger partial charge in [-0.2, -0.15) is 0 Å². The van der Waals surface area contributed by atoms with Crippen LogP contribution in [0.15, 0.2) is 79.0 Å². The molecule has 10 heteroatoms. The van der Waals surface area contributed by atoms with Crippen molar-refractivity contribution in [3.05, 3.63) is 90.1 Å². The average Bonchev–Trinajstić information content (AvgIpc) is 3.01. The normalized spacial score (nSPS) is 15.1. The molecular formula is C36H48N4O6. The third-order valence-electron chi connectivity index (χ3n) is 7.96. The van der Waals surface area contributed by atoms with Crippen molar-refractivity contribution >= 4 is 17.9 Å². The van der Waals surface area contributed by atoms with Crippen LogP contribution in [0.4, 0.5) is 4.79 Å². The van der Waals surface area contributed by atoms with E-state index in [9.17, 15) is 29.7 Å². The zero-order valence-electron chi connectivity index (χ0n) is 27.5. The second-order valence-corrected chi connectivity index (χ2v) is 13.8. The molecule has 46 heavy (non-hydrogen) atoms. The molecule has 0 aliphatic rings. The van der Waals surface area contributed by atoms with E-state index in [1.807, 2.05) is 72.8 Å². The van der Waals surface area contributed by atoms with E-state index in [0.29, 0.717) is 6.42 Å². The highest BCUT2D eigenvalue weighted by Gasteiger charge is 2.37. The minimum Gasteiger partial charge on any atom is -0.465 e. The number of aliphatic hydroxyl groups is 2.